The highest BCUT2D eigenvalue weighted by atomic mass is 16.6. The second kappa shape index (κ2) is 10.8. The monoisotopic (exact) mass is 373 g/mol. The molecule has 0 aliphatic rings. The van der Waals surface area contributed by atoms with Crippen molar-refractivity contribution in [3.63, 3.8) is 0 Å². The number of nitrogens with two attached hydrogens (primary N) is 1. The van der Waals surface area contributed by atoms with Crippen molar-refractivity contribution in [2.45, 2.75) is 25.2 Å². The third kappa shape index (κ3) is 7.35. The molecule has 0 aliphatic carbocycles. The van der Waals surface area contributed by atoms with Crippen molar-refractivity contribution < 1.29 is 24.2 Å². The van der Waals surface area contributed by atoms with Crippen LogP contribution in [0.5, 0.6) is 0 Å². The van der Waals surface area contributed by atoms with Crippen LogP contribution in [0.15, 0.2) is 60.7 Å². The lowest BCUT2D eigenvalue weighted by Gasteiger charge is -2.24. The van der Waals surface area contributed by atoms with Gasteiger partial charge in [0.05, 0.1) is 6.04 Å². The van der Waals surface area contributed by atoms with E-state index >= 15 is 0 Å². The number of hydrogen-bond acceptors (Lipinski definition) is 6. The van der Waals surface area contributed by atoms with Crippen LogP contribution >= 0.6 is 0 Å². The topological polar surface area (TPSA) is 123 Å². The molecular formula is C19H23N3O5. The number of hydrazine groups is 1. The minimum Gasteiger partial charge on any atom is -0.446 e. The fourth-order valence-electron chi connectivity index (χ4n) is 2.39. The highest BCUT2D eigenvalue weighted by Crippen LogP contribution is 2.08. The van der Waals surface area contributed by atoms with Gasteiger partial charge in [-0.1, -0.05) is 60.7 Å². The average Bonchev–Trinajstić information content (AvgIpc) is 2.71. The highest BCUT2D eigenvalue weighted by molar-refractivity contribution is 5.68. The van der Waals surface area contributed by atoms with Crippen LogP contribution in [0, 0.1) is 0 Å². The van der Waals surface area contributed by atoms with Crippen molar-refractivity contribution in [1.82, 2.24) is 10.7 Å². The van der Waals surface area contributed by atoms with E-state index in [1.807, 2.05) is 60.7 Å². The summed E-state index contributed by atoms with van der Waals surface area (Å²) in [4.78, 5) is 23.2. The Morgan fingerprint density at radius 1 is 0.926 bits per heavy atom. The smallest absolute Gasteiger partial charge is 0.421 e. The number of amides is 2. The minimum atomic E-state index is -1.15. The summed E-state index contributed by atoms with van der Waals surface area (Å²) in [6.45, 7) is -0.230. The van der Waals surface area contributed by atoms with Crippen LogP contribution in [0.2, 0.25) is 0 Å². The lowest BCUT2D eigenvalue weighted by atomic mass is 10.0. The summed E-state index contributed by atoms with van der Waals surface area (Å²) in [5, 5.41) is 13.0. The highest BCUT2D eigenvalue weighted by Gasteiger charge is 2.24. The summed E-state index contributed by atoms with van der Waals surface area (Å²) in [6, 6.07) is 17.8. The molecule has 2 aromatic carbocycles. The number of ether oxygens (including phenoxy) is 2. The molecule has 0 fully saturated rings. The van der Waals surface area contributed by atoms with E-state index < -0.39 is 24.3 Å². The molecule has 0 radical (unpaired) electrons. The second-order valence-corrected chi connectivity index (χ2v) is 5.81. The maximum atomic E-state index is 12.1. The Morgan fingerprint density at radius 3 is 2.11 bits per heavy atom. The molecule has 0 saturated heterocycles. The first kappa shape index (κ1) is 20.2. The fourth-order valence-corrected chi connectivity index (χ4v) is 2.39. The Balaban J connectivity index is 1.95. The SMILES string of the molecule is NNC(=O)OC[C@@H](O)[C@H](Cc1ccccc1)NC(=O)OCc1ccccc1. The van der Waals surface area contributed by atoms with Crippen molar-refractivity contribution in [2.24, 2.45) is 5.84 Å². The van der Waals surface area contributed by atoms with Gasteiger partial charge < -0.3 is 19.9 Å². The Kier molecular flexibility index (Phi) is 8.08. The van der Waals surface area contributed by atoms with E-state index in [1.54, 1.807) is 5.43 Å². The summed E-state index contributed by atoms with van der Waals surface area (Å²) < 4.78 is 9.96. The predicted molar refractivity (Wildman–Crippen MR) is 98.4 cm³/mol. The van der Waals surface area contributed by atoms with Crippen LogP contribution in [0.1, 0.15) is 11.1 Å². The lowest BCUT2D eigenvalue weighted by molar-refractivity contribution is 0.0426. The molecule has 8 nitrogen and oxygen atoms in total. The molecule has 2 atom stereocenters. The van der Waals surface area contributed by atoms with Crippen LogP contribution in [-0.2, 0) is 22.5 Å². The van der Waals surface area contributed by atoms with E-state index in [-0.39, 0.29) is 13.2 Å². The standard InChI is InChI=1S/C19H23N3O5/c20-22-19(25)27-13-17(23)16(11-14-7-3-1-4-8-14)21-18(24)26-12-15-9-5-2-6-10-15/h1-10,16-17,23H,11-13,20H2,(H,21,24)(H,22,25)/t16-,17+/m0/s1. The number of benzene rings is 2. The van der Waals surface area contributed by atoms with Gasteiger partial charge in [-0.2, -0.15) is 0 Å². The zero-order chi connectivity index (χ0) is 19.5. The van der Waals surface area contributed by atoms with Gasteiger partial charge in [0.1, 0.15) is 19.3 Å². The molecule has 0 spiro atoms. The minimum absolute atomic E-state index is 0.104. The van der Waals surface area contributed by atoms with E-state index in [0.29, 0.717) is 6.42 Å². The summed E-state index contributed by atoms with van der Waals surface area (Å²) >= 11 is 0. The molecular weight excluding hydrogens is 350 g/mol. The van der Waals surface area contributed by atoms with E-state index in [1.165, 1.54) is 0 Å². The van der Waals surface area contributed by atoms with Crippen LogP contribution in [0.3, 0.4) is 0 Å². The van der Waals surface area contributed by atoms with Crippen LogP contribution < -0.4 is 16.6 Å². The first-order valence-electron chi connectivity index (χ1n) is 8.41. The number of nitrogens with one attached hydrogen (secondary N) is 2. The summed E-state index contributed by atoms with van der Waals surface area (Å²) in [5.41, 5.74) is 3.54. The molecule has 0 bridgehead atoms. The zero-order valence-electron chi connectivity index (χ0n) is 14.7. The zero-order valence-corrected chi connectivity index (χ0v) is 14.7. The molecule has 144 valence electrons. The van der Waals surface area contributed by atoms with Gasteiger partial charge in [0, 0.05) is 0 Å². The van der Waals surface area contributed by atoms with Gasteiger partial charge in [-0.3, -0.25) is 5.43 Å². The number of hydrogen-bond donors (Lipinski definition) is 4. The largest absolute Gasteiger partial charge is 0.446 e. The maximum absolute atomic E-state index is 12.1. The Morgan fingerprint density at radius 2 is 1.52 bits per heavy atom. The van der Waals surface area contributed by atoms with Crippen LogP contribution in [0.25, 0.3) is 0 Å². The molecule has 0 aliphatic heterocycles. The molecule has 8 heteroatoms. The van der Waals surface area contributed by atoms with Gasteiger partial charge >= 0.3 is 12.2 Å². The molecule has 0 unspecified atom stereocenters. The number of rotatable bonds is 8. The lowest BCUT2D eigenvalue weighted by Crippen LogP contribution is -2.47. The van der Waals surface area contributed by atoms with Gasteiger partial charge in [-0.25, -0.2) is 15.4 Å². The fraction of sp³-hybridized carbons (Fsp3) is 0.263. The summed E-state index contributed by atoms with van der Waals surface area (Å²) in [6.07, 6.45) is -2.37. The maximum Gasteiger partial charge on any atom is 0.421 e. The number of carbonyl (C=O) groups excluding carboxylic acids is 2. The van der Waals surface area contributed by atoms with Crippen molar-refractivity contribution in [3.8, 4) is 0 Å². The van der Waals surface area contributed by atoms with E-state index in [0.717, 1.165) is 11.1 Å². The van der Waals surface area contributed by atoms with Gasteiger partial charge in [-0.05, 0) is 17.5 Å². The number of carbonyl (C=O) groups is 2. The van der Waals surface area contributed by atoms with Crippen molar-refractivity contribution in [1.29, 1.82) is 0 Å². The molecule has 2 amide bonds. The molecule has 2 aromatic rings. The number of alkyl carbamates (subject to hydrolysis) is 1. The predicted octanol–water partition coefficient (Wildman–Crippen LogP) is 1.48. The van der Waals surface area contributed by atoms with E-state index in [4.69, 9.17) is 15.3 Å². The van der Waals surface area contributed by atoms with Gasteiger partial charge in [-0.15, -0.1) is 0 Å². The van der Waals surface area contributed by atoms with Gasteiger partial charge in [0.15, 0.2) is 0 Å². The Labute approximate surface area is 157 Å². The Bertz CT molecular complexity index is 712. The molecule has 27 heavy (non-hydrogen) atoms. The molecule has 0 aromatic heterocycles. The summed E-state index contributed by atoms with van der Waals surface area (Å²) in [5.74, 6) is 4.94. The van der Waals surface area contributed by atoms with Crippen LogP contribution in [0.4, 0.5) is 9.59 Å². The van der Waals surface area contributed by atoms with Crippen molar-refractivity contribution >= 4 is 12.2 Å². The Hall–Kier alpha value is -3.10. The third-order valence-corrected chi connectivity index (χ3v) is 3.78. The van der Waals surface area contributed by atoms with E-state index in [2.05, 4.69) is 5.32 Å². The third-order valence-electron chi connectivity index (χ3n) is 3.78. The van der Waals surface area contributed by atoms with Crippen molar-refractivity contribution in [2.75, 3.05) is 6.61 Å². The van der Waals surface area contributed by atoms with Gasteiger partial charge in [0.25, 0.3) is 0 Å². The summed E-state index contributed by atoms with van der Waals surface area (Å²) in [7, 11) is 0. The van der Waals surface area contributed by atoms with E-state index in [9.17, 15) is 14.7 Å². The van der Waals surface area contributed by atoms with Gasteiger partial charge in [0.2, 0.25) is 0 Å². The molecule has 0 saturated carbocycles. The number of aliphatic hydroxyl groups excluding tert-OH is 1. The average molecular weight is 373 g/mol. The number of aliphatic hydroxyl groups is 1. The molecule has 5 N–H and O–H groups in total. The first-order valence-corrected chi connectivity index (χ1v) is 8.41. The second-order valence-electron chi connectivity index (χ2n) is 5.81. The van der Waals surface area contributed by atoms with Crippen LogP contribution in [-0.4, -0.2) is 36.0 Å². The first-order chi connectivity index (χ1) is 13.1. The molecule has 0 heterocycles. The van der Waals surface area contributed by atoms with Crippen molar-refractivity contribution in [3.05, 3.63) is 71.8 Å². The normalized spacial score (nSPS) is 12.5. The molecule has 2 rings (SSSR count). The quantitative estimate of drug-likeness (QED) is 0.316.